The number of nitrogens with one attached hydrogen (secondary N) is 2. The van der Waals surface area contributed by atoms with Crippen molar-refractivity contribution in [2.75, 3.05) is 20.1 Å². The number of piperidine rings is 1. The van der Waals surface area contributed by atoms with Crippen LogP contribution in [0.1, 0.15) is 51.4 Å². The summed E-state index contributed by atoms with van der Waals surface area (Å²) in [5.74, 6) is 6.35. The molecule has 0 spiro atoms. The lowest BCUT2D eigenvalue weighted by Crippen LogP contribution is -2.48. The third kappa shape index (κ3) is 4.66. The molecule has 0 bridgehead atoms. The highest BCUT2D eigenvalue weighted by atomic mass is 15.3. The van der Waals surface area contributed by atoms with Crippen molar-refractivity contribution in [3.05, 3.63) is 0 Å². The van der Waals surface area contributed by atoms with E-state index < -0.39 is 0 Å². The molecule has 2 aliphatic rings. The van der Waals surface area contributed by atoms with Gasteiger partial charge in [0.15, 0.2) is 0 Å². The van der Waals surface area contributed by atoms with E-state index in [2.05, 4.69) is 27.7 Å². The number of hydrazine groups is 1. The second-order valence-corrected chi connectivity index (χ2v) is 5.94. The van der Waals surface area contributed by atoms with Gasteiger partial charge in [-0.25, -0.2) is 5.84 Å². The minimum absolute atomic E-state index is 0.549. The molecule has 0 amide bonds. The Balaban J connectivity index is 1.80. The molecule has 1 aliphatic carbocycles. The van der Waals surface area contributed by atoms with E-state index >= 15 is 0 Å². The molecule has 1 saturated carbocycles. The quantitative estimate of drug-likeness (QED) is 0.311. The molecule has 0 radical (unpaired) electrons. The van der Waals surface area contributed by atoms with Crippen molar-refractivity contribution in [2.24, 2.45) is 10.8 Å². The first-order valence-corrected chi connectivity index (χ1v) is 7.77. The van der Waals surface area contributed by atoms with Crippen LogP contribution < -0.4 is 16.6 Å². The lowest BCUT2D eigenvalue weighted by molar-refractivity contribution is 0.191. The molecule has 2 rings (SSSR count). The molecule has 1 aliphatic heterocycles. The summed E-state index contributed by atoms with van der Waals surface area (Å²) in [6.45, 7) is 2.04. The Bertz CT molecular complexity index is 286. The van der Waals surface area contributed by atoms with Crippen LogP contribution in [0.25, 0.3) is 0 Å². The molecule has 1 atom stereocenters. The Morgan fingerprint density at radius 1 is 1.16 bits per heavy atom. The van der Waals surface area contributed by atoms with Gasteiger partial charge in [0, 0.05) is 12.1 Å². The highest BCUT2D eigenvalue weighted by molar-refractivity contribution is 5.79. The van der Waals surface area contributed by atoms with Gasteiger partial charge in [-0.15, -0.1) is 0 Å². The first-order valence-electron chi connectivity index (χ1n) is 7.77. The smallest absolute Gasteiger partial charge is 0.206 e. The molecular formula is C14H29N5. The lowest BCUT2D eigenvalue weighted by Gasteiger charge is -2.31. The second-order valence-electron chi connectivity index (χ2n) is 5.94. The van der Waals surface area contributed by atoms with Gasteiger partial charge in [0.2, 0.25) is 5.96 Å². The van der Waals surface area contributed by atoms with E-state index in [0.717, 1.165) is 12.5 Å². The van der Waals surface area contributed by atoms with Crippen LogP contribution in [0.3, 0.4) is 0 Å². The van der Waals surface area contributed by atoms with E-state index in [1.807, 2.05) is 0 Å². The molecule has 5 heteroatoms. The Morgan fingerprint density at radius 3 is 2.58 bits per heavy atom. The number of nitrogens with two attached hydrogens (primary N) is 1. The van der Waals surface area contributed by atoms with Crippen LogP contribution in [-0.4, -0.2) is 43.1 Å². The van der Waals surface area contributed by atoms with Crippen molar-refractivity contribution >= 4 is 5.96 Å². The fourth-order valence-electron chi connectivity index (χ4n) is 3.14. The number of likely N-dealkylation sites (tertiary alicyclic amines) is 1. The van der Waals surface area contributed by atoms with Gasteiger partial charge in [-0.3, -0.25) is 10.4 Å². The van der Waals surface area contributed by atoms with Crippen LogP contribution >= 0.6 is 0 Å². The van der Waals surface area contributed by atoms with Gasteiger partial charge in [0.05, 0.1) is 6.54 Å². The molecule has 4 N–H and O–H groups in total. The standard InChI is InChI=1S/C14H29N5/c1-19-10-6-5-9-13(19)11-16-14(18-15)17-12-7-3-2-4-8-12/h12-13H,2-11,15H2,1H3,(H2,16,17,18). The maximum atomic E-state index is 5.58. The van der Waals surface area contributed by atoms with Crippen molar-refractivity contribution in [3.63, 3.8) is 0 Å². The van der Waals surface area contributed by atoms with E-state index in [1.165, 1.54) is 57.9 Å². The summed E-state index contributed by atoms with van der Waals surface area (Å²) in [5, 5.41) is 3.46. The average molecular weight is 267 g/mol. The average Bonchev–Trinajstić information content (AvgIpc) is 2.46. The zero-order valence-corrected chi connectivity index (χ0v) is 12.2. The summed E-state index contributed by atoms with van der Waals surface area (Å²) in [5.41, 5.74) is 2.72. The molecule has 1 unspecified atom stereocenters. The van der Waals surface area contributed by atoms with Crippen LogP contribution in [0.2, 0.25) is 0 Å². The highest BCUT2D eigenvalue weighted by Gasteiger charge is 2.19. The van der Waals surface area contributed by atoms with Crippen LogP contribution in [0.15, 0.2) is 4.99 Å². The Labute approximate surface area is 117 Å². The zero-order valence-electron chi connectivity index (χ0n) is 12.2. The summed E-state index contributed by atoms with van der Waals surface area (Å²) in [4.78, 5) is 7.06. The van der Waals surface area contributed by atoms with Crippen LogP contribution in [0.4, 0.5) is 0 Å². The number of hydrogen-bond acceptors (Lipinski definition) is 3. The van der Waals surface area contributed by atoms with Crippen molar-refractivity contribution in [1.82, 2.24) is 15.6 Å². The molecule has 0 aromatic carbocycles. The number of nitrogens with zero attached hydrogens (tertiary/aromatic N) is 2. The topological polar surface area (TPSA) is 65.7 Å². The molecule has 1 heterocycles. The summed E-state index contributed by atoms with van der Waals surface area (Å²) in [6, 6.07) is 1.12. The molecule has 19 heavy (non-hydrogen) atoms. The first-order chi connectivity index (χ1) is 9.29. The van der Waals surface area contributed by atoms with Gasteiger partial charge in [0.25, 0.3) is 0 Å². The van der Waals surface area contributed by atoms with Crippen molar-refractivity contribution < 1.29 is 0 Å². The molecule has 5 nitrogen and oxygen atoms in total. The fourth-order valence-corrected chi connectivity index (χ4v) is 3.14. The van der Waals surface area contributed by atoms with Gasteiger partial charge in [0.1, 0.15) is 0 Å². The normalized spacial score (nSPS) is 27.3. The third-order valence-electron chi connectivity index (χ3n) is 4.46. The molecular weight excluding hydrogens is 238 g/mol. The molecule has 1 saturated heterocycles. The van der Waals surface area contributed by atoms with Crippen LogP contribution in [0.5, 0.6) is 0 Å². The predicted molar refractivity (Wildman–Crippen MR) is 79.9 cm³/mol. The van der Waals surface area contributed by atoms with Crippen molar-refractivity contribution in [3.8, 4) is 0 Å². The lowest BCUT2D eigenvalue weighted by atomic mass is 9.96. The summed E-state index contributed by atoms with van der Waals surface area (Å²) in [7, 11) is 2.20. The van der Waals surface area contributed by atoms with Crippen molar-refractivity contribution in [1.29, 1.82) is 0 Å². The van der Waals surface area contributed by atoms with Crippen LogP contribution in [-0.2, 0) is 0 Å². The van der Waals surface area contributed by atoms with Gasteiger partial charge < -0.3 is 10.2 Å². The summed E-state index contributed by atoms with van der Waals surface area (Å²) in [6.07, 6.45) is 10.4. The third-order valence-corrected chi connectivity index (χ3v) is 4.46. The largest absolute Gasteiger partial charge is 0.353 e. The van der Waals surface area contributed by atoms with E-state index in [4.69, 9.17) is 5.84 Å². The SMILES string of the molecule is CN1CCCCC1CN=C(NN)NC1CCCCC1. The molecule has 0 aromatic heterocycles. The van der Waals surface area contributed by atoms with E-state index in [-0.39, 0.29) is 0 Å². The van der Waals surface area contributed by atoms with Gasteiger partial charge in [-0.2, -0.15) is 0 Å². The van der Waals surface area contributed by atoms with Gasteiger partial charge >= 0.3 is 0 Å². The molecule has 2 fully saturated rings. The summed E-state index contributed by atoms with van der Waals surface area (Å²) < 4.78 is 0. The Morgan fingerprint density at radius 2 is 1.89 bits per heavy atom. The van der Waals surface area contributed by atoms with E-state index in [9.17, 15) is 0 Å². The van der Waals surface area contributed by atoms with E-state index in [0.29, 0.717) is 12.1 Å². The first kappa shape index (κ1) is 14.6. The Kier molecular flexibility index (Phi) is 5.92. The number of guanidine groups is 1. The number of aliphatic imine (C=N–C) groups is 1. The summed E-state index contributed by atoms with van der Waals surface area (Å²) >= 11 is 0. The highest BCUT2D eigenvalue weighted by Crippen LogP contribution is 2.17. The zero-order chi connectivity index (χ0) is 13.5. The minimum atomic E-state index is 0.549. The number of rotatable bonds is 3. The van der Waals surface area contributed by atoms with Gasteiger partial charge in [-0.1, -0.05) is 25.7 Å². The second kappa shape index (κ2) is 7.70. The molecule has 110 valence electrons. The van der Waals surface area contributed by atoms with E-state index in [1.54, 1.807) is 0 Å². The monoisotopic (exact) mass is 267 g/mol. The van der Waals surface area contributed by atoms with Crippen molar-refractivity contribution in [2.45, 2.75) is 63.5 Å². The van der Waals surface area contributed by atoms with Crippen LogP contribution in [0, 0.1) is 0 Å². The predicted octanol–water partition coefficient (Wildman–Crippen LogP) is 1.21. The fraction of sp³-hybridized carbons (Fsp3) is 0.929. The Hall–Kier alpha value is -0.810. The maximum Gasteiger partial charge on any atom is 0.206 e. The maximum absolute atomic E-state index is 5.58. The van der Waals surface area contributed by atoms with Gasteiger partial charge in [-0.05, 0) is 39.3 Å². The number of hydrogen-bond donors (Lipinski definition) is 3. The minimum Gasteiger partial charge on any atom is -0.353 e. The number of likely N-dealkylation sites (N-methyl/N-ethyl adjacent to an activating group) is 1. The molecule has 0 aromatic rings.